The Bertz CT molecular complexity index is 1270. The van der Waals surface area contributed by atoms with Gasteiger partial charge in [-0.25, -0.2) is 4.98 Å². The van der Waals surface area contributed by atoms with E-state index in [1.807, 2.05) is 73.3 Å². The maximum atomic E-state index is 11.0. The molecule has 0 aliphatic carbocycles. The zero-order chi connectivity index (χ0) is 20.2. The molecule has 0 saturated carbocycles. The number of hydrogen-bond acceptors (Lipinski definition) is 4. The van der Waals surface area contributed by atoms with Gasteiger partial charge in [-0.3, -0.25) is 4.79 Å². The fraction of sp³-hybridized carbons (Fsp3) is 0.0833. The predicted molar refractivity (Wildman–Crippen MR) is 117 cm³/mol. The smallest absolute Gasteiger partial charge is 0.164 e. The number of carbonyl (C=O) groups is 1. The molecule has 2 aromatic carbocycles. The molecule has 5 heteroatoms. The summed E-state index contributed by atoms with van der Waals surface area (Å²) < 4.78 is 1.93. The topological polar surface area (TPSA) is 59.6 Å². The van der Waals surface area contributed by atoms with Gasteiger partial charge in [0.05, 0.1) is 11.2 Å². The molecule has 142 valence electrons. The van der Waals surface area contributed by atoms with Crippen LogP contribution in [-0.4, -0.2) is 22.1 Å². The highest BCUT2D eigenvalue weighted by Gasteiger charge is 2.13. The van der Waals surface area contributed by atoms with Gasteiger partial charge >= 0.3 is 0 Å². The summed E-state index contributed by atoms with van der Waals surface area (Å²) in [6.45, 7) is 1.84. The maximum absolute atomic E-state index is 11.0. The Kier molecular flexibility index (Phi) is 5.12. The van der Waals surface area contributed by atoms with Crippen LogP contribution in [0, 0.1) is 0 Å². The molecule has 0 unspecified atom stereocenters. The first-order chi connectivity index (χ1) is 14.2. The molecule has 0 aliphatic heterocycles. The van der Waals surface area contributed by atoms with Crippen LogP contribution >= 0.6 is 0 Å². The monoisotopic (exact) mass is 380 g/mol. The summed E-state index contributed by atoms with van der Waals surface area (Å²) in [5.74, 6) is 0. The summed E-state index contributed by atoms with van der Waals surface area (Å²) in [7, 11) is 1.94. The third-order valence-corrected chi connectivity index (χ3v) is 4.76. The van der Waals surface area contributed by atoms with Gasteiger partial charge in [-0.05, 0) is 24.6 Å². The van der Waals surface area contributed by atoms with Crippen molar-refractivity contribution >= 4 is 23.4 Å². The van der Waals surface area contributed by atoms with Crippen molar-refractivity contribution in [3.8, 4) is 22.4 Å². The Hall–Kier alpha value is -3.86. The molecule has 5 nitrogen and oxygen atoms in total. The highest BCUT2D eigenvalue weighted by Crippen LogP contribution is 2.32. The number of benzene rings is 2. The maximum Gasteiger partial charge on any atom is 0.164 e. The van der Waals surface area contributed by atoms with Gasteiger partial charge in [0.25, 0.3) is 0 Å². The van der Waals surface area contributed by atoms with Gasteiger partial charge < -0.3 is 4.57 Å². The van der Waals surface area contributed by atoms with E-state index in [4.69, 9.17) is 4.98 Å². The number of hydrogen-bond donors (Lipinski definition) is 0. The fourth-order valence-electron chi connectivity index (χ4n) is 3.29. The van der Waals surface area contributed by atoms with Crippen LogP contribution in [0.3, 0.4) is 0 Å². The Morgan fingerprint density at radius 2 is 1.72 bits per heavy atom. The van der Waals surface area contributed by atoms with Crippen molar-refractivity contribution in [1.82, 2.24) is 9.55 Å². The molecule has 4 rings (SSSR count). The summed E-state index contributed by atoms with van der Waals surface area (Å²) in [5.41, 5.74) is 6.10. The highest BCUT2D eigenvalue weighted by molar-refractivity contribution is 5.91. The van der Waals surface area contributed by atoms with Gasteiger partial charge in [0.1, 0.15) is 6.29 Å². The number of aromatic nitrogens is 2. The molecule has 0 amide bonds. The second-order valence-electron chi connectivity index (χ2n) is 6.65. The molecule has 0 aliphatic rings. The lowest BCUT2D eigenvalue weighted by Gasteiger charge is -2.13. The van der Waals surface area contributed by atoms with Crippen LogP contribution in [0.5, 0.6) is 0 Å². The predicted octanol–water partition coefficient (Wildman–Crippen LogP) is 4.63. The zero-order valence-corrected chi connectivity index (χ0v) is 16.3. The van der Waals surface area contributed by atoms with E-state index in [2.05, 4.69) is 28.4 Å². The third kappa shape index (κ3) is 3.62. The second kappa shape index (κ2) is 8.02. The molecule has 0 fully saturated rings. The molecule has 0 atom stereocenters. The number of rotatable bonds is 4. The number of nitrogens with zero attached hydrogens (tertiary/aromatic N) is 4. The molecular formula is C24H20N4O. The number of fused-ring (bicyclic) bond motifs is 1. The van der Waals surface area contributed by atoms with Gasteiger partial charge in [-0.2, -0.15) is 5.10 Å². The largest absolute Gasteiger partial charge is 0.334 e. The minimum atomic E-state index is 0.640. The van der Waals surface area contributed by atoms with E-state index < -0.39 is 0 Å². The fourth-order valence-corrected chi connectivity index (χ4v) is 3.29. The Morgan fingerprint density at radius 1 is 0.966 bits per heavy atom. The Morgan fingerprint density at radius 3 is 2.41 bits per heavy atom. The van der Waals surface area contributed by atoms with E-state index in [1.165, 1.54) is 0 Å². The standard InChI is InChI=1S/C24H20N4O/c1-3-25-27-24-21-15-20(18-7-5-4-6-8-18)23(26-22(21)13-14-28(24)2)19-11-9-17(16-29)10-12-19/h3-16H,1-2H3/b25-3+,27-24-. The van der Waals surface area contributed by atoms with Crippen LogP contribution in [0.2, 0.25) is 0 Å². The average Bonchev–Trinajstić information content (AvgIpc) is 2.78. The number of aryl methyl sites for hydroxylation is 1. The van der Waals surface area contributed by atoms with Crippen molar-refractivity contribution in [1.29, 1.82) is 0 Å². The highest BCUT2D eigenvalue weighted by atomic mass is 16.1. The lowest BCUT2D eigenvalue weighted by atomic mass is 9.97. The summed E-state index contributed by atoms with van der Waals surface area (Å²) >= 11 is 0. The van der Waals surface area contributed by atoms with Crippen LogP contribution in [0.25, 0.3) is 33.3 Å². The lowest BCUT2D eigenvalue weighted by molar-refractivity contribution is 0.112. The van der Waals surface area contributed by atoms with Crippen LogP contribution < -0.4 is 5.49 Å². The van der Waals surface area contributed by atoms with Crippen molar-refractivity contribution < 1.29 is 4.79 Å². The summed E-state index contributed by atoms with van der Waals surface area (Å²) in [6, 6.07) is 21.7. The average molecular weight is 380 g/mol. The number of aldehydes is 1. The van der Waals surface area contributed by atoms with Gasteiger partial charge in [-0.1, -0.05) is 54.6 Å². The molecule has 0 saturated heterocycles. The number of carbonyl (C=O) groups excluding carboxylic acids is 1. The summed E-state index contributed by atoms with van der Waals surface area (Å²) in [6.07, 6.45) is 4.44. The third-order valence-electron chi connectivity index (χ3n) is 4.76. The summed E-state index contributed by atoms with van der Waals surface area (Å²) in [4.78, 5) is 16.0. The number of pyridine rings is 2. The quantitative estimate of drug-likeness (QED) is 0.294. The van der Waals surface area contributed by atoms with Crippen LogP contribution in [-0.2, 0) is 7.05 Å². The van der Waals surface area contributed by atoms with Crippen molar-refractivity contribution in [2.45, 2.75) is 6.92 Å². The van der Waals surface area contributed by atoms with E-state index >= 15 is 0 Å². The van der Waals surface area contributed by atoms with E-state index in [0.717, 1.165) is 45.1 Å². The zero-order valence-electron chi connectivity index (χ0n) is 16.3. The minimum Gasteiger partial charge on any atom is -0.334 e. The molecule has 0 bridgehead atoms. The Balaban J connectivity index is 2.06. The van der Waals surface area contributed by atoms with Crippen molar-refractivity contribution in [3.05, 3.63) is 84.0 Å². The molecule has 0 radical (unpaired) electrons. The summed E-state index contributed by atoms with van der Waals surface area (Å²) in [5, 5.41) is 9.36. The molecule has 2 aromatic heterocycles. The molecule has 2 heterocycles. The van der Waals surface area contributed by atoms with Crippen LogP contribution in [0.15, 0.2) is 83.1 Å². The van der Waals surface area contributed by atoms with Gasteiger partial charge in [0, 0.05) is 41.5 Å². The van der Waals surface area contributed by atoms with E-state index in [0.29, 0.717) is 5.56 Å². The van der Waals surface area contributed by atoms with E-state index in [9.17, 15) is 4.79 Å². The molecule has 4 aromatic rings. The van der Waals surface area contributed by atoms with Gasteiger partial charge in [0.15, 0.2) is 5.49 Å². The normalized spacial score (nSPS) is 12.0. The van der Waals surface area contributed by atoms with Crippen molar-refractivity contribution in [3.63, 3.8) is 0 Å². The minimum absolute atomic E-state index is 0.640. The van der Waals surface area contributed by atoms with Crippen molar-refractivity contribution in [2.24, 2.45) is 17.3 Å². The first-order valence-electron chi connectivity index (χ1n) is 9.34. The van der Waals surface area contributed by atoms with Crippen LogP contribution in [0.1, 0.15) is 17.3 Å². The molecular weight excluding hydrogens is 360 g/mol. The lowest BCUT2D eigenvalue weighted by Crippen LogP contribution is -2.18. The SMILES string of the molecule is C/C=N/N=c1/c2cc(-c3ccccc3)c(-c3ccc(C=O)cc3)nc2ccn1C. The van der Waals surface area contributed by atoms with Gasteiger partial charge in [0.2, 0.25) is 0 Å². The first-order valence-corrected chi connectivity index (χ1v) is 9.34. The Labute approximate surface area is 168 Å². The van der Waals surface area contributed by atoms with E-state index in [-0.39, 0.29) is 0 Å². The molecule has 29 heavy (non-hydrogen) atoms. The molecule has 0 spiro atoms. The molecule has 0 N–H and O–H groups in total. The van der Waals surface area contributed by atoms with Crippen LogP contribution in [0.4, 0.5) is 0 Å². The van der Waals surface area contributed by atoms with E-state index in [1.54, 1.807) is 6.21 Å². The van der Waals surface area contributed by atoms with Crippen molar-refractivity contribution in [2.75, 3.05) is 0 Å². The van der Waals surface area contributed by atoms with Gasteiger partial charge in [-0.15, -0.1) is 5.10 Å². The first kappa shape index (κ1) is 18.5. The second-order valence-corrected chi connectivity index (χ2v) is 6.65.